The van der Waals surface area contributed by atoms with E-state index in [-0.39, 0.29) is 6.61 Å². The van der Waals surface area contributed by atoms with E-state index >= 15 is 0 Å². The highest BCUT2D eigenvalue weighted by atomic mass is 16.5. The maximum atomic E-state index is 9.01. The van der Waals surface area contributed by atoms with Crippen LogP contribution in [0.3, 0.4) is 0 Å². The van der Waals surface area contributed by atoms with E-state index in [2.05, 4.69) is 18.7 Å². The van der Waals surface area contributed by atoms with Gasteiger partial charge in [-0.2, -0.15) is 0 Å². The van der Waals surface area contributed by atoms with Gasteiger partial charge in [0.15, 0.2) is 0 Å². The fourth-order valence-corrected chi connectivity index (χ4v) is 2.10. The summed E-state index contributed by atoms with van der Waals surface area (Å²) in [7, 11) is 0. The van der Waals surface area contributed by atoms with Gasteiger partial charge in [0.05, 0.1) is 6.10 Å². The fraction of sp³-hybridized carbons (Fsp3) is 1.00. The first-order chi connectivity index (χ1) is 7.26. The Bertz CT molecular complexity index is 164. The summed E-state index contributed by atoms with van der Waals surface area (Å²) in [6, 6.07) is 0. The molecule has 1 heterocycles. The smallest absolute Gasteiger partial charge is 0.0702 e. The van der Waals surface area contributed by atoms with E-state index < -0.39 is 0 Å². The Morgan fingerprint density at radius 3 is 3.00 bits per heavy atom. The highest BCUT2D eigenvalue weighted by Gasteiger charge is 2.20. The summed E-state index contributed by atoms with van der Waals surface area (Å²) in [4.78, 5) is 2.42. The van der Waals surface area contributed by atoms with Gasteiger partial charge in [-0.25, -0.2) is 0 Å². The van der Waals surface area contributed by atoms with Crippen molar-refractivity contribution in [3.63, 3.8) is 0 Å². The first-order valence-corrected chi connectivity index (χ1v) is 6.21. The lowest BCUT2D eigenvalue weighted by atomic mass is 10.1. The normalized spacial score (nSPS) is 25.4. The van der Waals surface area contributed by atoms with Crippen molar-refractivity contribution < 1.29 is 9.84 Å². The third-order valence-corrected chi connectivity index (χ3v) is 2.90. The molecule has 0 aromatic carbocycles. The second kappa shape index (κ2) is 7.20. The van der Waals surface area contributed by atoms with Crippen LogP contribution in [0.5, 0.6) is 0 Å². The van der Waals surface area contributed by atoms with Crippen LogP contribution in [0.25, 0.3) is 0 Å². The molecule has 0 spiro atoms. The summed E-state index contributed by atoms with van der Waals surface area (Å²) in [5.41, 5.74) is 0. The minimum Gasteiger partial charge on any atom is -0.396 e. The first-order valence-electron chi connectivity index (χ1n) is 6.21. The Morgan fingerprint density at radius 1 is 1.53 bits per heavy atom. The lowest BCUT2D eigenvalue weighted by Crippen LogP contribution is -2.42. The summed E-state index contributed by atoms with van der Waals surface area (Å²) in [5, 5.41) is 9.01. The molecular weight excluding hydrogens is 190 g/mol. The molecule has 1 aliphatic heterocycles. The molecule has 2 atom stereocenters. The lowest BCUT2D eigenvalue weighted by Gasteiger charge is -2.33. The Labute approximate surface area is 93.4 Å². The maximum absolute atomic E-state index is 9.01. The van der Waals surface area contributed by atoms with Gasteiger partial charge in [0.25, 0.3) is 0 Å². The van der Waals surface area contributed by atoms with Gasteiger partial charge in [-0.15, -0.1) is 0 Å². The van der Waals surface area contributed by atoms with Crippen molar-refractivity contribution in [3.8, 4) is 0 Å². The summed E-state index contributed by atoms with van der Waals surface area (Å²) in [5.74, 6) is 0.384. The minimum atomic E-state index is 0.289. The van der Waals surface area contributed by atoms with Crippen LogP contribution in [-0.4, -0.2) is 49.0 Å². The molecule has 2 unspecified atom stereocenters. The van der Waals surface area contributed by atoms with Crippen LogP contribution in [0, 0.1) is 5.92 Å². The summed E-state index contributed by atoms with van der Waals surface area (Å²) in [6.07, 6.45) is 3.95. The van der Waals surface area contributed by atoms with Crippen LogP contribution in [0.2, 0.25) is 0 Å². The summed E-state index contributed by atoms with van der Waals surface area (Å²) < 4.78 is 5.77. The van der Waals surface area contributed by atoms with E-state index in [9.17, 15) is 0 Å². The lowest BCUT2D eigenvalue weighted by molar-refractivity contribution is -0.00530. The van der Waals surface area contributed by atoms with Crippen molar-refractivity contribution in [2.75, 3.05) is 32.8 Å². The highest BCUT2D eigenvalue weighted by molar-refractivity contribution is 4.74. The molecule has 1 saturated heterocycles. The average molecular weight is 215 g/mol. The number of hydrogen-bond donors (Lipinski definition) is 1. The Kier molecular flexibility index (Phi) is 6.22. The number of aliphatic hydroxyl groups excluding tert-OH is 1. The van der Waals surface area contributed by atoms with Crippen LogP contribution in [0.15, 0.2) is 0 Å². The molecule has 15 heavy (non-hydrogen) atoms. The Balaban J connectivity index is 2.22. The number of ether oxygens (including phenoxy) is 1. The Morgan fingerprint density at radius 2 is 2.33 bits per heavy atom. The molecule has 1 aliphatic rings. The van der Waals surface area contributed by atoms with Crippen LogP contribution in [-0.2, 0) is 4.74 Å². The van der Waals surface area contributed by atoms with E-state index in [0.29, 0.717) is 12.0 Å². The van der Waals surface area contributed by atoms with Crippen LogP contribution in [0.1, 0.15) is 33.1 Å². The topological polar surface area (TPSA) is 32.7 Å². The fourth-order valence-electron chi connectivity index (χ4n) is 2.10. The second-order valence-electron chi connectivity index (χ2n) is 4.68. The van der Waals surface area contributed by atoms with Crippen molar-refractivity contribution in [2.45, 2.75) is 39.2 Å². The molecule has 3 heteroatoms. The molecule has 0 aromatic heterocycles. The van der Waals surface area contributed by atoms with Gasteiger partial charge in [0, 0.05) is 26.3 Å². The quantitative estimate of drug-likeness (QED) is 0.729. The predicted octanol–water partition coefficient (Wildman–Crippen LogP) is 1.51. The van der Waals surface area contributed by atoms with Crippen molar-refractivity contribution in [1.82, 2.24) is 4.90 Å². The highest BCUT2D eigenvalue weighted by Crippen LogP contribution is 2.14. The van der Waals surface area contributed by atoms with Crippen molar-refractivity contribution in [1.29, 1.82) is 0 Å². The van der Waals surface area contributed by atoms with E-state index in [1.54, 1.807) is 0 Å². The average Bonchev–Trinajstić information content (AvgIpc) is 2.26. The molecule has 1 N–H and O–H groups in total. The molecule has 0 radical (unpaired) electrons. The van der Waals surface area contributed by atoms with Crippen LogP contribution in [0.4, 0.5) is 0 Å². The van der Waals surface area contributed by atoms with Crippen LogP contribution >= 0.6 is 0 Å². The molecule has 1 fully saturated rings. The number of piperidine rings is 1. The molecule has 0 amide bonds. The molecule has 90 valence electrons. The number of likely N-dealkylation sites (tertiary alicyclic amines) is 1. The molecule has 0 aliphatic carbocycles. The van der Waals surface area contributed by atoms with E-state index in [1.165, 1.54) is 12.8 Å². The third-order valence-electron chi connectivity index (χ3n) is 2.90. The van der Waals surface area contributed by atoms with E-state index in [1.807, 2.05) is 0 Å². The molecule has 0 saturated carbocycles. The number of aliphatic hydroxyl groups is 1. The van der Waals surface area contributed by atoms with Crippen molar-refractivity contribution in [3.05, 3.63) is 0 Å². The predicted molar refractivity (Wildman–Crippen MR) is 62.0 cm³/mol. The van der Waals surface area contributed by atoms with Gasteiger partial charge in [0.2, 0.25) is 0 Å². The SMILES string of the molecule is CCCOC1CCCN(CC(C)CO)C1. The minimum absolute atomic E-state index is 0.289. The number of hydrogen-bond acceptors (Lipinski definition) is 3. The maximum Gasteiger partial charge on any atom is 0.0702 e. The zero-order valence-electron chi connectivity index (χ0n) is 10.1. The largest absolute Gasteiger partial charge is 0.396 e. The number of nitrogens with zero attached hydrogens (tertiary/aromatic N) is 1. The standard InChI is InChI=1S/C12H25NO2/c1-3-7-15-12-5-4-6-13(9-12)8-11(2)10-14/h11-12,14H,3-10H2,1-2H3. The summed E-state index contributed by atoms with van der Waals surface area (Å²) >= 11 is 0. The zero-order chi connectivity index (χ0) is 11.1. The molecular formula is C12H25NO2. The Hall–Kier alpha value is -0.120. The molecule has 0 aromatic rings. The third kappa shape index (κ3) is 4.96. The van der Waals surface area contributed by atoms with Crippen molar-refractivity contribution >= 4 is 0 Å². The van der Waals surface area contributed by atoms with Gasteiger partial charge >= 0.3 is 0 Å². The van der Waals surface area contributed by atoms with Gasteiger partial charge in [-0.1, -0.05) is 13.8 Å². The van der Waals surface area contributed by atoms with Gasteiger partial charge in [-0.05, 0) is 31.7 Å². The van der Waals surface area contributed by atoms with E-state index in [0.717, 1.165) is 32.7 Å². The second-order valence-corrected chi connectivity index (χ2v) is 4.68. The van der Waals surface area contributed by atoms with Gasteiger partial charge < -0.3 is 14.7 Å². The van der Waals surface area contributed by atoms with Gasteiger partial charge in [0.1, 0.15) is 0 Å². The summed E-state index contributed by atoms with van der Waals surface area (Å²) in [6.45, 7) is 8.62. The van der Waals surface area contributed by atoms with Crippen molar-refractivity contribution in [2.24, 2.45) is 5.92 Å². The number of rotatable bonds is 6. The molecule has 0 bridgehead atoms. The molecule has 1 rings (SSSR count). The van der Waals surface area contributed by atoms with Gasteiger partial charge in [-0.3, -0.25) is 0 Å². The van der Waals surface area contributed by atoms with E-state index in [4.69, 9.17) is 9.84 Å². The van der Waals surface area contributed by atoms with Crippen LogP contribution < -0.4 is 0 Å². The molecule has 3 nitrogen and oxygen atoms in total. The first kappa shape index (κ1) is 12.9. The zero-order valence-corrected chi connectivity index (χ0v) is 10.1. The monoisotopic (exact) mass is 215 g/mol.